The highest BCUT2D eigenvalue weighted by Crippen LogP contribution is 2.18. The number of likely N-dealkylation sites (tertiary alicyclic amines) is 1. The first kappa shape index (κ1) is 14.3. The van der Waals surface area contributed by atoms with Crippen molar-refractivity contribution in [2.45, 2.75) is 25.5 Å². The fourth-order valence-electron chi connectivity index (χ4n) is 2.25. The van der Waals surface area contributed by atoms with Gasteiger partial charge in [0.1, 0.15) is 0 Å². The summed E-state index contributed by atoms with van der Waals surface area (Å²) in [7, 11) is 0. The lowest BCUT2D eigenvalue weighted by Crippen LogP contribution is -2.47. The number of amides is 1. The summed E-state index contributed by atoms with van der Waals surface area (Å²) >= 11 is 5.74. The highest BCUT2D eigenvalue weighted by molar-refractivity contribution is 6.30. The molecule has 0 saturated carbocycles. The average Bonchev–Trinajstić information content (AvgIpc) is 2.81. The van der Waals surface area contributed by atoms with Crippen molar-refractivity contribution in [1.82, 2.24) is 14.7 Å². The Labute approximate surface area is 116 Å². The minimum absolute atomic E-state index is 0.0120. The zero-order valence-corrected chi connectivity index (χ0v) is 11.3. The fourth-order valence-corrected chi connectivity index (χ4v) is 2.40. The van der Waals surface area contributed by atoms with Crippen LogP contribution in [0.25, 0.3) is 0 Å². The maximum atomic E-state index is 12.0. The number of nitrogens with zero attached hydrogens (tertiary/aromatic N) is 3. The third kappa shape index (κ3) is 3.68. The molecule has 1 aliphatic rings. The number of carbonyl (C=O) groups is 1. The van der Waals surface area contributed by atoms with Gasteiger partial charge >= 0.3 is 0 Å². The van der Waals surface area contributed by atoms with Crippen LogP contribution in [0.15, 0.2) is 12.4 Å². The maximum Gasteiger partial charge on any atom is 0.224 e. The second kappa shape index (κ2) is 6.36. The minimum atomic E-state index is -0.637. The van der Waals surface area contributed by atoms with Gasteiger partial charge in [-0.05, 0) is 6.42 Å². The molecule has 2 N–H and O–H groups in total. The van der Waals surface area contributed by atoms with E-state index in [0.717, 1.165) is 0 Å². The van der Waals surface area contributed by atoms with Crippen molar-refractivity contribution in [2.24, 2.45) is 5.92 Å². The SMILES string of the molecule is O=C(CCn1cc(Cl)cn1)N1CC[C@H](CO)[C@H](O)C1. The van der Waals surface area contributed by atoms with Gasteiger partial charge in [-0.1, -0.05) is 11.6 Å². The first-order chi connectivity index (χ1) is 9.10. The number of halogens is 1. The zero-order chi connectivity index (χ0) is 13.8. The Morgan fingerprint density at radius 3 is 2.95 bits per heavy atom. The molecule has 0 spiro atoms. The van der Waals surface area contributed by atoms with E-state index >= 15 is 0 Å². The number of aryl methyl sites for hydroxylation is 1. The Morgan fingerprint density at radius 1 is 1.58 bits per heavy atom. The van der Waals surface area contributed by atoms with Crippen LogP contribution in [0.1, 0.15) is 12.8 Å². The Hall–Kier alpha value is -1.11. The summed E-state index contributed by atoms with van der Waals surface area (Å²) in [5.74, 6) is -0.129. The quantitative estimate of drug-likeness (QED) is 0.825. The number of hydrogen-bond donors (Lipinski definition) is 2. The van der Waals surface area contributed by atoms with Crippen LogP contribution in [0.5, 0.6) is 0 Å². The van der Waals surface area contributed by atoms with E-state index in [1.165, 1.54) is 6.20 Å². The number of β-amino-alcohol motifs (C(OH)–C–C–N with tert-alkyl or cyclic N) is 1. The number of aliphatic hydroxyl groups is 2. The molecular weight excluding hydrogens is 270 g/mol. The van der Waals surface area contributed by atoms with Gasteiger partial charge in [0, 0.05) is 44.8 Å². The normalized spacial score (nSPS) is 23.6. The van der Waals surface area contributed by atoms with Gasteiger partial charge in [0.05, 0.1) is 17.3 Å². The molecular formula is C12H18ClN3O3. The van der Waals surface area contributed by atoms with Crippen LogP contribution in [0.4, 0.5) is 0 Å². The van der Waals surface area contributed by atoms with E-state index in [1.807, 2.05) is 0 Å². The molecule has 7 heteroatoms. The van der Waals surface area contributed by atoms with Crippen LogP contribution < -0.4 is 0 Å². The van der Waals surface area contributed by atoms with Gasteiger partial charge in [-0.25, -0.2) is 0 Å². The van der Waals surface area contributed by atoms with Crippen LogP contribution in [0.3, 0.4) is 0 Å². The smallest absolute Gasteiger partial charge is 0.224 e. The highest BCUT2D eigenvalue weighted by atomic mass is 35.5. The van der Waals surface area contributed by atoms with E-state index in [1.54, 1.807) is 15.8 Å². The largest absolute Gasteiger partial charge is 0.396 e. The number of rotatable bonds is 4. The topological polar surface area (TPSA) is 78.6 Å². The summed E-state index contributed by atoms with van der Waals surface area (Å²) in [6.07, 6.45) is 3.53. The summed E-state index contributed by atoms with van der Waals surface area (Å²) in [6.45, 7) is 1.32. The molecule has 2 rings (SSSR count). The van der Waals surface area contributed by atoms with E-state index in [4.69, 9.17) is 16.7 Å². The molecule has 0 bridgehead atoms. The molecule has 6 nitrogen and oxygen atoms in total. The second-order valence-corrected chi connectivity index (χ2v) is 5.25. The number of piperidine rings is 1. The predicted molar refractivity (Wildman–Crippen MR) is 69.6 cm³/mol. The first-order valence-electron chi connectivity index (χ1n) is 6.35. The van der Waals surface area contributed by atoms with Gasteiger partial charge < -0.3 is 15.1 Å². The highest BCUT2D eigenvalue weighted by Gasteiger charge is 2.29. The fraction of sp³-hybridized carbons (Fsp3) is 0.667. The molecule has 1 saturated heterocycles. The van der Waals surface area contributed by atoms with E-state index in [2.05, 4.69) is 5.10 Å². The second-order valence-electron chi connectivity index (χ2n) is 4.81. The van der Waals surface area contributed by atoms with E-state index in [9.17, 15) is 9.90 Å². The Balaban J connectivity index is 1.80. The predicted octanol–water partition coefficient (Wildman–Crippen LogP) is 0.128. The van der Waals surface area contributed by atoms with Crippen LogP contribution in [0, 0.1) is 5.92 Å². The third-order valence-electron chi connectivity index (χ3n) is 3.47. The summed E-state index contributed by atoms with van der Waals surface area (Å²) in [5.41, 5.74) is 0. The molecule has 0 radical (unpaired) electrons. The first-order valence-corrected chi connectivity index (χ1v) is 6.72. The molecule has 1 aromatic rings. The number of hydrogen-bond acceptors (Lipinski definition) is 4. The van der Waals surface area contributed by atoms with Crippen molar-refractivity contribution in [3.8, 4) is 0 Å². The summed E-state index contributed by atoms with van der Waals surface area (Å²) < 4.78 is 1.62. The summed E-state index contributed by atoms with van der Waals surface area (Å²) in [4.78, 5) is 13.6. The van der Waals surface area contributed by atoms with E-state index in [0.29, 0.717) is 37.5 Å². The van der Waals surface area contributed by atoms with Crippen molar-refractivity contribution in [1.29, 1.82) is 0 Å². The monoisotopic (exact) mass is 287 g/mol. The number of aliphatic hydroxyl groups excluding tert-OH is 2. The average molecular weight is 288 g/mol. The van der Waals surface area contributed by atoms with Crippen molar-refractivity contribution in [3.05, 3.63) is 17.4 Å². The molecule has 1 fully saturated rings. The molecule has 1 aliphatic heterocycles. The Bertz CT molecular complexity index is 438. The minimum Gasteiger partial charge on any atom is -0.396 e. The molecule has 19 heavy (non-hydrogen) atoms. The lowest BCUT2D eigenvalue weighted by Gasteiger charge is -2.35. The van der Waals surface area contributed by atoms with Crippen LogP contribution in [-0.4, -0.2) is 56.6 Å². The van der Waals surface area contributed by atoms with Gasteiger partial charge in [0.2, 0.25) is 5.91 Å². The molecule has 0 aromatic carbocycles. The molecule has 106 valence electrons. The lowest BCUT2D eigenvalue weighted by molar-refractivity contribution is -0.136. The molecule has 0 unspecified atom stereocenters. The summed E-state index contributed by atoms with van der Waals surface area (Å²) in [5, 5.41) is 23.4. The number of aromatic nitrogens is 2. The van der Waals surface area contributed by atoms with E-state index in [-0.39, 0.29) is 18.4 Å². The molecule has 2 heterocycles. The van der Waals surface area contributed by atoms with Crippen molar-refractivity contribution < 1.29 is 15.0 Å². The van der Waals surface area contributed by atoms with Gasteiger partial charge in [0.15, 0.2) is 0 Å². The van der Waals surface area contributed by atoms with Gasteiger partial charge in [-0.2, -0.15) is 5.10 Å². The maximum absolute atomic E-state index is 12.0. The van der Waals surface area contributed by atoms with Gasteiger partial charge in [-0.15, -0.1) is 0 Å². The zero-order valence-electron chi connectivity index (χ0n) is 10.6. The standard InChI is InChI=1S/C12H18ClN3O3/c13-10-5-14-16(6-10)4-2-12(19)15-3-1-9(8-17)11(18)7-15/h5-6,9,11,17-18H,1-4,7-8H2/t9-,11-/m1/s1. The summed E-state index contributed by atoms with van der Waals surface area (Å²) in [6, 6.07) is 0. The molecule has 0 aliphatic carbocycles. The van der Waals surface area contributed by atoms with E-state index < -0.39 is 6.10 Å². The van der Waals surface area contributed by atoms with Crippen molar-refractivity contribution in [2.75, 3.05) is 19.7 Å². The molecule has 1 amide bonds. The third-order valence-corrected chi connectivity index (χ3v) is 3.66. The van der Waals surface area contributed by atoms with Crippen molar-refractivity contribution in [3.63, 3.8) is 0 Å². The van der Waals surface area contributed by atoms with Crippen molar-refractivity contribution >= 4 is 17.5 Å². The van der Waals surface area contributed by atoms with Crippen LogP contribution in [0.2, 0.25) is 5.02 Å². The Morgan fingerprint density at radius 2 is 2.37 bits per heavy atom. The van der Waals surface area contributed by atoms with Crippen LogP contribution in [-0.2, 0) is 11.3 Å². The lowest BCUT2D eigenvalue weighted by atomic mass is 9.94. The molecule has 1 aromatic heterocycles. The Kier molecular flexibility index (Phi) is 4.79. The van der Waals surface area contributed by atoms with Gasteiger partial charge in [0.25, 0.3) is 0 Å². The molecule has 2 atom stereocenters. The number of carbonyl (C=O) groups excluding carboxylic acids is 1. The van der Waals surface area contributed by atoms with Gasteiger partial charge in [-0.3, -0.25) is 9.48 Å². The van der Waals surface area contributed by atoms with Crippen LogP contribution >= 0.6 is 11.6 Å².